The second-order valence-electron chi connectivity index (χ2n) is 5.18. The van der Waals surface area contributed by atoms with Gasteiger partial charge < -0.3 is 4.90 Å². The van der Waals surface area contributed by atoms with E-state index in [0.717, 1.165) is 6.54 Å². The Morgan fingerprint density at radius 1 is 1.47 bits per heavy atom. The summed E-state index contributed by atoms with van der Waals surface area (Å²) in [5.74, 6) is 0.275. The smallest absolute Gasteiger partial charge is 0.131 e. The maximum Gasteiger partial charge on any atom is 0.131 e. The number of anilines is 1. The minimum absolute atomic E-state index is 0.275. The molecule has 0 aliphatic carbocycles. The van der Waals surface area contributed by atoms with Crippen LogP contribution in [0.1, 0.15) is 37.8 Å². The molecule has 1 atom stereocenters. The quantitative estimate of drug-likeness (QED) is 0.796. The number of aryl methyl sites for hydroxylation is 2. The average Bonchev–Trinajstić information content (AvgIpc) is 2.26. The largest absolute Gasteiger partial charge is 0.368 e. The van der Waals surface area contributed by atoms with E-state index in [4.69, 9.17) is 0 Å². The molecular weight excluding hydrogens is 210 g/mol. The molecule has 1 aliphatic rings. The van der Waals surface area contributed by atoms with Crippen LogP contribution < -0.4 is 4.90 Å². The first kappa shape index (κ1) is 12.2. The number of carbonyl (C=O) groups excluding carboxylic acids is 1. The Bertz CT molecular complexity index is 425. The number of rotatable bonds is 3. The lowest BCUT2D eigenvalue weighted by Gasteiger charge is -2.36. The van der Waals surface area contributed by atoms with Gasteiger partial charge in [0.15, 0.2) is 0 Å². The highest BCUT2D eigenvalue weighted by Gasteiger charge is 2.21. The first-order valence-electron chi connectivity index (χ1n) is 6.43. The minimum atomic E-state index is 0.275. The number of nitrogens with zero attached hydrogens (tertiary/aromatic N) is 1. The summed E-state index contributed by atoms with van der Waals surface area (Å²) >= 11 is 0. The molecule has 1 aromatic carbocycles. The van der Waals surface area contributed by atoms with Crippen molar-refractivity contribution in [1.82, 2.24) is 0 Å². The third-order valence-corrected chi connectivity index (χ3v) is 3.50. The highest BCUT2D eigenvalue weighted by molar-refractivity contribution is 5.76. The highest BCUT2D eigenvalue weighted by Crippen LogP contribution is 2.30. The predicted octanol–water partition coefficient (Wildman–Crippen LogP) is 3.12. The molecule has 2 heteroatoms. The third-order valence-electron chi connectivity index (χ3n) is 3.50. The van der Waals surface area contributed by atoms with E-state index in [2.05, 4.69) is 36.9 Å². The Kier molecular flexibility index (Phi) is 3.51. The van der Waals surface area contributed by atoms with Crippen LogP contribution in [0.3, 0.4) is 0 Å². The molecule has 0 saturated heterocycles. The fraction of sp³-hybridized carbons (Fsp3) is 0.533. The first-order valence-corrected chi connectivity index (χ1v) is 6.43. The highest BCUT2D eigenvalue weighted by atomic mass is 16.1. The van der Waals surface area contributed by atoms with Gasteiger partial charge in [-0.05, 0) is 45.2 Å². The molecule has 2 rings (SSSR count). The third kappa shape index (κ3) is 2.68. The maximum absolute atomic E-state index is 11.2. The monoisotopic (exact) mass is 231 g/mol. The normalized spacial score (nSPS) is 16.5. The molecule has 0 spiro atoms. The lowest BCUT2D eigenvalue weighted by atomic mass is 9.97. The van der Waals surface area contributed by atoms with Gasteiger partial charge in [-0.2, -0.15) is 0 Å². The molecule has 1 aliphatic heterocycles. The van der Waals surface area contributed by atoms with Crippen molar-refractivity contribution in [2.45, 2.75) is 46.1 Å². The average molecular weight is 231 g/mol. The van der Waals surface area contributed by atoms with Gasteiger partial charge in [0.05, 0.1) is 0 Å². The fourth-order valence-electron chi connectivity index (χ4n) is 2.74. The van der Waals surface area contributed by atoms with Crippen molar-refractivity contribution in [3.05, 3.63) is 29.3 Å². The van der Waals surface area contributed by atoms with Crippen LogP contribution in [0, 0.1) is 6.92 Å². The summed E-state index contributed by atoms with van der Waals surface area (Å²) in [4.78, 5) is 13.6. The maximum atomic E-state index is 11.2. The molecule has 0 N–H and O–H groups in total. The van der Waals surface area contributed by atoms with Crippen molar-refractivity contribution < 1.29 is 4.79 Å². The Balaban J connectivity index is 2.25. The summed E-state index contributed by atoms with van der Waals surface area (Å²) in [7, 11) is 0. The van der Waals surface area contributed by atoms with Gasteiger partial charge in [-0.1, -0.05) is 17.7 Å². The lowest BCUT2D eigenvalue weighted by molar-refractivity contribution is -0.117. The number of ketones is 1. The van der Waals surface area contributed by atoms with Crippen LogP contribution in [0.15, 0.2) is 18.2 Å². The van der Waals surface area contributed by atoms with Crippen molar-refractivity contribution in [2.24, 2.45) is 0 Å². The number of hydrogen-bond acceptors (Lipinski definition) is 2. The van der Waals surface area contributed by atoms with E-state index >= 15 is 0 Å². The van der Waals surface area contributed by atoms with Gasteiger partial charge in [-0.25, -0.2) is 0 Å². The van der Waals surface area contributed by atoms with Gasteiger partial charge in [-0.3, -0.25) is 4.79 Å². The Labute approximate surface area is 104 Å². The van der Waals surface area contributed by atoms with Crippen molar-refractivity contribution in [1.29, 1.82) is 0 Å². The predicted molar refractivity (Wildman–Crippen MR) is 71.6 cm³/mol. The van der Waals surface area contributed by atoms with Crippen molar-refractivity contribution in [3.8, 4) is 0 Å². The Morgan fingerprint density at radius 2 is 2.24 bits per heavy atom. The van der Waals surface area contributed by atoms with Gasteiger partial charge in [-0.15, -0.1) is 0 Å². The van der Waals surface area contributed by atoms with E-state index in [9.17, 15) is 4.79 Å². The van der Waals surface area contributed by atoms with E-state index in [0.29, 0.717) is 12.5 Å². The van der Waals surface area contributed by atoms with Crippen molar-refractivity contribution >= 4 is 11.5 Å². The van der Waals surface area contributed by atoms with E-state index in [-0.39, 0.29) is 5.78 Å². The van der Waals surface area contributed by atoms with Crippen molar-refractivity contribution in [3.63, 3.8) is 0 Å². The minimum Gasteiger partial charge on any atom is -0.368 e. The van der Waals surface area contributed by atoms with Crippen LogP contribution in [0.25, 0.3) is 0 Å². The second kappa shape index (κ2) is 4.91. The van der Waals surface area contributed by atoms with Gasteiger partial charge in [0.1, 0.15) is 5.78 Å². The summed E-state index contributed by atoms with van der Waals surface area (Å²) in [6.45, 7) is 7.04. The SMILES string of the molecule is CC(=O)CC(C)N1CCCc2cc(C)ccc21. The molecule has 1 aromatic rings. The Morgan fingerprint density at radius 3 is 2.94 bits per heavy atom. The molecule has 0 aromatic heterocycles. The lowest BCUT2D eigenvalue weighted by Crippen LogP contribution is -2.38. The molecule has 0 fully saturated rings. The zero-order chi connectivity index (χ0) is 12.4. The van der Waals surface area contributed by atoms with E-state index < -0.39 is 0 Å². The van der Waals surface area contributed by atoms with Crippen LogP contribution in [-0.4, -0.2) is 18.4 Å². The number of Topliss-reactive ketones (excluding diaryl/α,β-unsaturated/α-hetero) is 1. The topological polar surface area (TPSA) is 20.3 Å². The van der Waals surface area contributed by atoms with Crippen LogP contribution in [0.2, 0.25) is 0 Å². The molecule has 2 nitrogen and oxygen atoms in total. The molecule has 0 amide bonds. The van der Waals surface area contributed by atoms with E-state index in [1.54, 1.807) is 6.92 Å². The van der Waals surface area contributed by atoms with Crippen LogP contribution in [0.4, 0.5) is 5.69 Å². The number of carbonyl (C=O) groups is 1. The molecule has 92 valence electrons. The summed E-state index contributed by atoms with van der Waals surface area (Å²) in [5.41, 5.74) is 4.09. The summed E-state index contributed by atoms with van der Waals surface area (Å²) in [6, 6.07) is 6.97. The first-order chi connectivity index (χ1) is 8.08. The molecular formula is C15H21NO. The van der Waals surface area contributed by atoms with Gasteiger partial charge in [0.2, 0.25) is 0 Å². The van der Waals surface area contributed by atoms with E-state index in [1.807, 2.05) is 0 Å². The number of fused-ring (bicyclic) bond motifs is 1. The summed E-state index contributed by atoms with van der Waals surface area (Å²) < 4.78 is 0. The van der Waals surface area contributed by atoms with Gasteiger partial charge in [0.25, 0.3) is 0 Å². The number of benzene rings is 1. The number of hydrogen-bond donors (Lipinski definition) is 0. The molecule has 0 saturated carbocycles. The van der Waals surface area contributed by atoms with Crippen LogP contribution in [-0.2, 0) is 11.2 Å². The molecule has 17 heavy (non-hydrogen) atoms. The summed E-state index contributed by atoms with van der Waals surface area (Å²) in [6.07, 6.45) is 3.01. The summed E-state index contributed by atoms with van der Waals surface area (Å²) in [5, 5.41) is 0. The molecule has 0 bridgehead atoms. The zero-order valence-electron chi connectivity index (χ0n) is 11.0. The zero-order valence-corrected chi connectivity index (χ0v) is 11.0. The molecule has 1 unspecified atom stereocenters. The Hall–Kier alpha value is -1.31. The van der Waals surface area contributed by atoms with E-state index in [1.165, 1.54) is 29.7 Å². The molecule has 0 radical (unpaired) electrons. The van der Waals surface area contributed by atoms with Crippen molar-refractivity contribution in [2.75, 3.05) is 11.4 Å². The van der Waals surface area contributed by atoms with Gasteiger partial charge >= 0.3 is 0 Å². The standard InChI is InChI=1S/C15H21NO/c1-11-6-7-15-14(9-11)5-4-8-16(15)12(2)10-13(3)17/h6-7,9,12H,4-5,8,10H2,1-3H3. The van der Waals surface area contributed by atoms with Gasteiger partial charge in [0, 0.05) is 24.7 Å². The van der Waals surface area contributed by atoms with Crippen LogP contribution >= 0.6 is 0 Å². The fourth-order valence-corrected chi connectivity index (χ4v) is 2.74. The second-order valence-corrected chi connectivity index (χ2v) is 5.18. The van der Waals surface area contributed by atoms with Crippen LogP contribution in [0.5, 0.6) is 0 Å². The molecule has 1 heterocycles.